The molecule has 1 aliphatic carbocycles. The van der Waals surface area contributed by atoms with Crippen LogP contribution in [-0.2, 0) is 4.79 Å². The lowest BCUT2D eigenvalue weighted by Gasteiger charge is -2.05. The summed E-state index contributed by atoms with van der Waals surface area (Å²) in [6, 6.07) is 0. The molecule has 0 aliphatic heterocycles. The van der Waals surface area contributed by atoms with Gasteiger partial charge in [0.25, 0.3) is 0 Å². The molecule has 1 saturated carbocycles. The van der Waals surface area contributed by atoms with Crippen molar-refractivity contribution in [2.24, 2.45) is 0 Å². The van der Waals surface area contributed by atoms with Gasteiger partial charge in [-0.1, -0.05) is 0 Å². The van der Waals surface area contributed by atoms with E-state index in [1.54, 1.807) is 0 Å². The molecule has 1 fully saturated rings. The highest BCUT2D eigenvalue weighted by Crippen LogP contribution is 2.10. The second-order valence-corrected chi connectivity index (χ2v) is 1.39. The molecule has 2 heteroatoms. The fourth-order valence-electron chi connectivity index (χ4n) is 0.321. The molecule has 0 aromatic heterocycles. The summed E-state index contributed by atoms with van der Waals surface area (Å²) in [6.07, 6.45) is 2.83. The van der Waals surface area contributed by atoms with E-state index in [0.29, 0.717) is 5.78 Å². The molecule has 0 spiro atoms. The Morgan fingerprint density at radius 3 is 1.67 bits per heavy atom. The van der Waals surface area contributed by atoms with Crippen LogP contribution >= 0.6 is 0 Å². The van der Waals surface area contributed by atoms with Crippen LogP contribution < -0.4 is 6.15 Å². The second kappa shape index (κ2) is 1.92. The largest absolute Gasteiger partial charge is 0.344 e. The van der Waals surface area contributed by atoms with Crippen molar-refractivity contribution in [1.82, 2.24) is 6.15 Å². The summed E-state index contributed by atoms with van der Waals surface area (Å²) in [5, 5.41) is 0. The van der Waals surface area contributed by atoms with Crippen LogP contribution in [0.1, 0.15) is 19.3 Å². The van der Waals surface area contributed by atoms with Gasteiger partial charge in [0.15, 0.2) is 0 Å². The van der Waals surface area contributed by atoms with Gasteiger partial charge in [0.2, 0.25) is 0 Å². The molecule has 0 aromatic rings. The fourth-order valence-corrected chi connectivity index (χ4v) is 0.321. The van der Waals surface area contributed by atoms with E-state index < -0.39 is 0 Å². The van der Waals surface area contributed by atoms with E-state index in [2.05, 4.69) is 0 Å². The maximum absolute atomic E-state index is 9.90. The lowest BCUT2D eigenvalue weighted by atomic mass is 9.99. The second-order valence-electron chi connectivity index (χ2n) is 1.39. The zero-order chi connectivity index (χ0) is 3.70. The number of carbonyl (C=O) groups is 1. The highest BCUT2D eigenvalue weighted by atomic mass is 16.1. The molecule has 3 N–H and O–H groups in total. The minimum atomic E-state index is 0. The van der Waals surface area contributed by atoms with Gasteiger partial charge in [-0.3, -0.25) is 4.79 Å². The van der Waals surface area contributed by atoms with Gasteiger partial charge < -0.3 is 6.15 Å². The predicted octanol–water partition coefficient (Wildman–Crippen LogP) is 0.901. The molecule has 0 amide bonds. The normalized spacial score (nSPS) is 18.3. The van der Waals surface area contributed by atoms with Crippen molar-refractivity contribution in [2.75, 3.05) is 0 Å². The number of ketones is 1. The van der Waals surface area contributed by atoms with Crippen molar-refractivity contribution in [3.63, 3.8) is 0 Å². The van der Waals surface area contributed by atoms with Crippen molar-refractivity contribution in [3.05, 3.63) is 0 Å². The first kappa shape index (κ1) is 5.63. The summed E-state index contributed by atoms with van der Waals surface area (Å²) in [4.78, 5) is 9.90. The lowest BCUT2D eigenvalue weighted by molar-refractivity contribution is -0.123. The Morgan fingerprint density at radius 2 is 1.67 bits per heavy atom. The molecule has 1 rings (SSSR count). The Kier molecular flexibility index (Phi) is 1.81. The first-order valence-electron chi connectivity index (χ1n) is 1.91. The van der Waals surface area contributed by atoms with E-state index in [9.17, 15) is 4.79 Å². The minimum absolute atomic E-state index is 0. The summed E-state index contributed by atoms with van der Waals surface area (Å²) in [7, 11) is 0. The van der Waals surface area contributed by atoms with Crippen LogP contribution in [0.15, 0.2) is 0 Å². The van der Waals surface area contributed by atoms with Crippen molar-refractivity contribution < 1.29 is 4.79 Å². The van der Waals surface area contributed by atoms with Crippen molar-refractivity contribution >= 4 is 5.78 Å². The van der Waals surface area contributed by atoms with Gasteiger partial charge in [-0.25, -0.2) is 0 Å². The minimum Gasteiger partial charge on any atom is -0.344 e. The molecule has 0 heterocycles. The van der Waals surface area contributed by atoms with Gasteiger partial charge in [0, 0.05) is 12.8 Å². The Morgan fingerprint density at radius 1 is 1.33 bits per heavy atom. The van der Waals surface area contributed by atoms with Gasteiger partial charge in [-0.15, -0.1) is 0 Å². The Hall–Kier alpha value is -0.370. The quantitative estimate of drug-likeness (QED) is 0.477. The number of Topliss-reactive ketones (excluding diaryl/α,β-unsaturated/α-hetero) is 1. The molecule has 0 radical (unpaired) electrons. The molecule has 2 nitrogen and oxygen atoms in total. The van der Waals surface area contributed by atoms with Crippen molar-refractivity contribution in [2.45, 2.75) is 19.3 Å². The van der Waals surface area contributed by atoms with Crippen LogP contribution in [0.25, 0.3) is 0 Å². The Labute approximate surface area is 37.1 Å². The van der Waals surface area contributed by atoms with Crippen molar-refractivity contribution in [1.29, 1.82) is 0 Å². The number of carbonyl (C=O) groups excluding carboxylic acids is 1. The molecule has 0 unspecified atom stereocenters. The number of rotatable bonds is 0. The lowest BCUT2D eigenvalue weighted by Crippen LogP contribution is -2.07. The van der Waals surface area contributed by atoms with E-state index in [-0.39, 0.29) is 6.15 Å². The maximum atomic E-state index is 9.90. The molecular weight excluding hydrogens is 78.0 g/mol. The average molecular weight is 87.1 g/mol. The van der Waals surface area contributed by atoms with Gasteiger partial charge in [-0.05, 0) is 6.42 Å². The van der Waals surface area contributed by atoms with E-state index in [0.717, 1.165) is 19.3 Å². The molecule has 36 valence electrons. The van der Waals surface area contributed by atoms with E-state index in [1.165, 1.54) is 0 Å². The maximum Gasteiger partial charge on any atom is 0.132 e. The molecule has 0 aromatic carbocycles. The monoisotopic (exact) mass is 87.1 g/mol. The third-order valence-corrected chi connectivity index (χ3v) is 0.911. The van der Waals surface area contributed by atoms with Crippen LogP contribution in [0, 0.1) is 0 Å². The van der Waals surface area contributed by atoms with E-state index in [1.807, 2.05) is 0 Å². The predicted molar refractivity (Wildman–Crippen MR) is 23.9 cm³/mol. The molecule has 0 saturated heterocycles. The first-order chi connectivity index (χ1) is 2.39. The first-order valence-corrected chi connectivity index (χ1v) is 1.91. The van der Waals surface area contributed by atoms with Crippen LogP contribution in [0.5, 0.6) is 0 Å². The SMILES string of the molecule is N.O=C1CCC1. The van der Waals surface area contributed by atoms with E-state index >= 15 is 0 Å². The summed E-state index contributed by atoms with van der Waals surface area (Å²) >= 11 is 0. The van der Waals surface area contributed by atoms with Crippen LogP contribution in [0.3, 0.4) is 0 Å². The highest BCUT2D eigenvalue weighted by molar-refractivity contribution is 5.83. The summed E-state index contributed by atoms with van der Waals surface area (Å²) in [6.45, 7) is 0. The zero-order valence-electron chi connectivity index (χ0n) is 3.74. The van der Waals surface area contributed by atoms with Gasteiger partial charge in [0.05, 0.1) is 0 Å². The van der Waals surface area contributed by atoms with Crippen LogP contribution in [0.2, 0.25) is 0 Å². The molecule has 1 aliphatic rings. The number of hydrogen-bond donors (Lipinski definition) is 1. The van der Waals surface area contributed by atoms with Crippen LogP contribution in [0.4, 0.5) is 0 Å². The Bertz CT molecular complexity index is 54.6. The van der Waals surface area contributed by atoms with Gasteiger partial charge >= 0.3 is 0 Å². The standard InChI is InChI=1S/C4H6O.H3N/c5-4-2-1-3-4;/h1-3H2;1H3. The molecule has 0 atom stereocenters. The molecular formula is C4H9NO. The Balaban J connectivity index is 0.000000250. The fraction of sp³-hybridized carbons (Fsp3) is 0.750. The topological polar surface area (TPSA) is 52.1 Å². The van der Waals surface area contributed by atoms with Gasteiger partial charge in [-0.2, -0.15) is 0 Å². The summed E-state index contributed by atoms with van der Waals surface area (Å²) in [5.41, 5.74) is 0. The van der Waals surface area contributed by atoms with Crippen LogP contribution in [-0.4, -0.2) is 5.78 Å². The average Bonchev–Trinajstić information content (AvgIpc) is 1.30. The van der Waals surface area contributed by atoms with Crippen molar-refractivity contribution in [3.8, 4) is 0 Å². The third kappa shape index (κ3) is 0.792. The number of hydrogen-bond acceptors (Lipinski definition) is 2. The molecule has 6 heavy (non-hydrogen) atoms. The summed E-state index contributed by atoms with van der Waals surface area (Å²) < 4.78 is 0. The third-order valence-electron chi connectivity index (χ3n) is 0.911. The highest BCUT2D eigenvalue weighted by Gasteiger charge is 2.09. The molecule has 0 bridgehead atoms. The van der Waals surface area contributed by atoms with E-state index in [4.69, 9.17) is 0 Å². The summed E-state index contributed by atoms with van der Waals surface area (Å²) in [5.74, 6) is 0.435. The smallest absolute Gasteiger partial charge is 0.132 e. The zero-order valence-corrected chi connectivity index (χ0v) is 3.74. The van der Waals surface area contributed by atoms with Gasteiger partial charge in [0.1, 0.15) is 5.78 Å².